The highest BCUT2D eigenvalue weighted by molar-refractivity contribution is 6.31. The summed E-state index contributed by atoms with van der Waals surface area (Å²) in [4.78, 5) is 10.2. The largest absolute Gasteiger partial charge is 0.502 e. The highest BCUT2D eigenvalue weighted by Gasteiger charge is 2.25. The first kappa shape index (κ1) is 17.2. The standard InChI is InChI=1S/C14H17ClN4O4/c1-14(21,10-6-17-18(2)7-10)8-16-5-9-3-11(15)4-12(13(9)20)19(22)23/h3-4,6-7,16,20-21H,5,8H2,1-2H3. The van der Waals surface area contributed by atoms with Crippen LogP contribution in [0.25, 0.3) is 0 Å². The fourth-order valence-electron chi connectivity index (χ4n) is 2.16. The second-order valence-electron chi connectivity index (χ2n) is 5.47. The molecule has 0 radical (unpaired) electrons. The summed E-state index contributed by atoms with van der Waals surface area (Å²) >= 11 is 5.83. The van der Waals surface area contributed by atoms with Gasteiger partial charge in [-0.25, -0.2) is 0 Å². The summed E-state index contributed by atoms with van der Waals surface area (Å²) in [6.07, 6.45) is 3.26. The number of hydrogen-bond donors (Lipinski definition) is 3. The average Bonchev–Trinajstić information content (AvgIpc) is 2.89. The zero-order chi connectivity index (χ0) is 17.2. The number of nitrogens with one attached hydrogen (secondary N) is 1. The van der Waals surface area contributed by atoms with Gasteiger partial charge in [0.05, 0.1) is 11.1 Å². The van der Waals surface area contributed by atoms with Crippen LogP contribution in [0.2, 0.25) is 5.02 Å². The van der Waals surface area contributed by atoms with Crippen molar-refractivity contribution in [2.45, 2.75) is 19.1 Å². The minimum Gasteiger partial charge on any atom is -0.502 e. The third-order valence-electron chi connectivity index (χ3n) is 3.44. The summed E-state index contributed by atoms with van der Waals surface area (Å²) in [5.41, 5.74) is -0.706. The molecule has 0 saturated carbocycles. The normalized spacial score (nSPS) is 13.7. The van der Waals surface area contributed by atoms with Gasteiger partial charge in [-0.3, -0.25) is 14.8 Å². The number of nitro benzene ring substituents is 1. The molecule has 1 aromatic heterocycles. The lowest BCUT2D eigenvalue weighted by atomic mass is 9.99. The number of benzene rings is 1. The van der Waals surface area contributed by atoms with Crippen molar-refractivity contribution in [1.29, 1.82) is 0 Å². The summed E-state index contributed by atoms with van der Waals surface area (Å²) < 4.78 is 1.58. The lowest BCUT2D eigenvalue weighted by Gasteiger charge is -2.22. The summed E-state index contributed by atoms with van der Waals surface area (Å²) in [6.45, 7) is 1.90. The Labute approximate surface area is 137 Å². The molecule has 0 aliphatic rings. The van der Waals surface area contributed by atoms with E-state index in [0.717, 1.165) is 6.07 Å². The first-order chi connectivity index (χ1) is 10.7. The van der Waals surface area contributed by atoms with Crippen LogP contribution in [0, 0.1) is 10.1 Å². The summed E-state index contributed by atoms with van der Waals surface area (Å²) in [6, 6.07) is 2.53. The predicted molar refractivity (Wildman–Crippen MR) is 84.3 cm³/mol. The third kappa shape index (κ3) is 3.98. The molecule has 0 aliphatic heterocycles. The number of nitrogens with zero attached hydrogens (tertiary/aromatic N) is 3. The number of phenols is 1. The molecule has 8 nitrogen and oxygen atoms in total. The zero-order valence-corrected chi connectivity index (χ0v) is 13.4. The number of aromatic nitrogens is 2. The minimum absolute atomic E-state index is 0.115. The molecule has 1 aromatic carbocycles. The quantitative estimate of drug-likeness (QED) is 0.544. The van der Waals surface area contributed by atoms with Crippen LogP contribution < -0.4 is 5.32 Å². The Hall–Kier alpha value is -2.16. The van der Waals surface area contributed by atoms with E-state index in [-0.39, 0.29) is 23.7 Å². The van der Waals surface area contributed by atoms with Crippen molar-refractivity contribution in [1.82, 2.24) is 15.1 Å². The van der Waals surface area contributed by atoms with E-state index >= 15 is 0 Å². The second kappa shape index (κ2) is 6.53. The number of hydrogen-bond acceptors (Lipinski definition) is 6. The lowest BCUT2D eigenvalue weighted by molar-refractivity contribution is -0.385. The van der Waals surface area contributed by atoms with E-state index in [9.17, 15) is 20.3 Å². The van der Waals surface area contributed by atoms with Crippen molar-refractivity contribution in [3.63, 3.8) is 0 Å². The molecule has 2 rings (SSSR count). The van der Waals surface area contributed by atoms with E-state index in [2.05, 4.69) is 10.4 Å². The Bertz CT molecular complexity index is 730. The summed E-state index contributed by atoms with van der Waals surface area (Å²) in [5, 5.41) is 38.3. The molecule has 0 fully saturated rings. The van der Waals surface area contributed by atoms with Gasteiger partial charge in [0.15, 0.2) is 5.75 Å². The van der Waals surface area contributed by atoms with Gasteiger partial charge in [0.1, 0.15) is 5.60 Å². The fraction of sp³-hybridized carbons (Fsp3) is 0.357. The molecule has 124 valence electrons. The Kier molecular flexibility index (Phi) is 4.88. The second-order valence-corrected chi connectivity index (χ2v) is 5.91. The molecule has 9 heteroatoms. The highest BCUT2D eigenvalue weighted by Crippen LogP contribution is 2.33. The molecule has 0 amide bonds. The van der Waals surface area contributed by atoms with Crippen LogP contribution in [0.5, 0.6) is 5.75 Å². The van der Waals surface area contributed by atoms with E-state index in [1.54, 1.807) is 31.0 Å². The van der Waals surface area contributed by atoms with Gasteiger partial charge in [-0.05, 0) is 13.0 Å². The number of phenolic OH excluding ortho intramolecular Hbond substituents is 1. The number of aromatic hydroxyl groups is 1. The molecule has 0 aliphatic carbocycles. The lowest BCUT2D eigenvalue weighted by Crippen LogP contribution is -2.34. The molecular weight excluding hydrogens is 324 g/mol. The van der Waals surface area contributed by atoms with Gasteiger partial charge in [0.25, 0.3) is 0 Å². The van der Waals surface area contributed by atoms with Crippen molar-refractivity contribution >= 4 is 17.3 Å². The van der Waals surface area contributed by atoms with Crippen molar-refractivity contribution in [3.8, 4) is 5.75 Å². The van der Waals surface area contributed by atoms with Gasteiger partial charge in [0.2, 0.25) is 0 Å². The minimum atomic E-state index is -1.17. The van der Waals surface area contributed by atoms with E-state index in [1.165, 1.54) is 6.07 Å². The van der Waals surface area contributed by atoms with Crippen LogP contribution in [-0.2, 0) is 19.2 Å². The molecule has 0 spiro atoms. The first-order valence-corrected chi connectivity index (χ1v) is 7.16. The Balaban J connectivity index is 2.08. The molecular formula is C14H17ClN4O4. The zero-order valence-electron chi connectivity index (χ0n) is 12.7. The number of nitro groups is 1. The van der Waals surface area contributed by atoms with Gasteiger partial charge in [-0.2, -0.15) is 5.10 Å². The van der Waals surface area contributed by atoms with Gasteiger partial charge in [0, 0.05) is 48.5 Å². The van der Waals surface area contributed by atoms with Crippen molar-refractivity contribution in [2.24, 2.45) is 7.05 Å². The van der Waals surface area contributed by atoms with Crippen LogP contribution >= 0.6 is 11.6 Å². The van der Waals surface area contributed by atoms with Crippen LogP contribution in [0.15, 0.2) is 24.5 Å². The molecule has 1 unspecified atom stereocenters. The van der Waals surface area contributed by atoms with Gasteiger partial charge in [-0.1, -0.05) is 11.6 Å². The number of aryl methyl sites for hydroxylation is 1. The molecule has 1 heterocycles. The molecule has 1 atom stereocenters. The third-order valence-corrected chi connectivity index (χ3v) is 3.66. The maximum Gasteiger partial charge on any atom is 0.312 e. The van der Waals surface area contributed by atoms with E-state index in [0.29, 0.717) is 5.56 Å². The monoisotopic (exact) mass is 340 g/mol. The maximum absolute atomic E-state index is 10.9. The fourth-order valence-corrected chi connectivity index (χ4v) is 2.39. The maximum atomic E-state index is 10.9. The van der Waals surface area contributed by atoms with Crippen LogP contribution in [0.3, 0.4) is 0 Å². The van der Waals surface area contributed by atoms with E-state index in [4.69, 9.17) is 11.6 Å². The Morgan fingerprint density at radius 3 is 2.78 bits per heavy atom. The smallest absolute Gasteiger partial charge is 0.312 e. The van der Waals surface area contributed by atoms with Crippen molar-refractivity contribution < 1.29 is 15.1 Å². The molecule has 0 bridgehead atoms. The predicted octanol–water partition coefficient (Wildman–Crippen LogP) is 1.68. The number of halogens is 1. The molecule has 2 aromatic rings. The average molecular weight is 341 g/mol. The summed E-state index contributed by atoms with van der Waals surface area (Å²) in [5.74, 6) is -0.437. The highest BCUT2D eigenvalue weighted by atomic mass is 35.5. The van der Waals surface area contributed by atoms with E-state index < -0.39 is 22.0 Å². The van der Waals surface area contributed by atoms with Gasteiger partial charge < -0.3 is 15.5 Å². The van der Waals surface area contributed by atoms with Crippen molar-refractivity contribution in [3.05, 3.63) is 50.8 Å². The van der Waals surface area contributed by atoms with Crippen molar-refractivity contribution in [2.75, 3.05) is 6.54 Å². The Morgan fingerprint density at radius 1 is 1.52 bits per heavy atom. The SMILES string of the molecule is Cn1cc(C(C)(O)CNCc2cc(Cl)cc([N+](=O)[O-])c2O)cn1. The van der Waals surface area contributed by atoms with Crippen LogP contribution in [0.4, 0.5) is 5.69 Å². The van der Waals surface area contributed by atoms with E-state index in [1.807, 2.05) is 0 Å². The van der Waals surface area contributed by atoms with Crippen LogP contribution in [0.1, 0.15) is 18.1 Å². The van der Waals surface area contributed by atoms with Gasteiger partial charge in [-0.15, -0.1) is 0 Å². The molecule has 3 N–H and O–H groups in total. The number of rotatable bonds is 6. The Morgan fingerprint density at radius 2 is 2.22 bits per heavy atom. The van der Waals surface area contributed by atoms with Gasteiger partial charge >= 0.3 is 5.69 Å². The molecule has 23 heavy (non-hydrogen) atoms. The number of aliphatic hydroxyl groups is 1. The summed E-state index contributed by atoms with van der Waals surface area (Å²) in [7, 11) is 1.75. The van der Waals surface area contributed by atoms with Crippen LogP contribution in [-0.4, -0.2) is 31.5 Å². The first-order valence-electron chi connectivity index (χ1n) is 6.78. The molecule has 0 saturated heterocycles. The topological polar surface area (TPSA) is 113 Å².